The van der Waals surface area contributed by atoms with E-state index in [1.54, 1.807) is 36.7 Å². The van der Waals surface area contributed by atoms with Gasteiger partial charge in [0.15, 0.2) is 4.47 Å². The summed E-state index contributed by atoms with van der Waals surface area (Å²) in [5.74, 6) is -1.91. The number of hydrogen-bond donors (Lipinski definition) is 5. The second-order valence-electron chi connectivity index (χ2n) is 15.0. The molecule has 2 aromatic heterocycles. The van der Waals surface area contributed by atoms with Gasteiger partial charge in [0.1, 0.15) is 6.61 Å². The van der Waals surface area contributed by atoms with Crippen molar-refractivity contribution in [3.63, 3.8) is 0 Å². The molecule has 0 bridgehead atoms. The molecule has 352 valence electrons. The number of nitrogens with zero attached hydrogens (tertiary/aromatic N) is 4. The lowest BCUT2D eigenvalue weighted by atomic mass is 10.1. The second-order valence-corrected chi connectivity index (χ2v) is 21.6. The molecule has 4 aromatic carbocycles. The number of ether oxygens (including phenoxy) is 1. The van der Waals surface area contributed by atoms with Crippen molar-refractivity contribution in [2.24, 2.45) is 0 Å². The van der Waals surface area contributed by atoms with E-state index >= 15 is 0 Å². The lowest BCUT2D eigenvalue weighted by Gasteiger charge is -2.10. The van der Waals surface area contributed by atoms with E-state index in [2.05, 4.69) is 31.2 Å². The van der Waals surface area contributed by atoms with Crippen LogP contribution >= 0.6 is 34.3 Å². The normalized spacial score (nSPS) is 13.9. The number of rotatable bonds is 12. The first-order valence-electron chi connectivity index (χ1n) is 20.1. The minimum atomic E-state index is -3.92. The first kappa shape index (κ1) is 50.3. The van der Waals surface area contributed by atoms with Crippen LogP contribution in [0.3, 0.4) is 0 Å². The zero-order chi connectivity index (χ0) is 48.5. The van der Waals surface area contributed by atoms with Crippen LogP contribution in [0.2, 0.25) is 4.47 Å². The molecular formula is C44H45ClN8O10S4. The van der Waals surface area contributed by atoms with Crippen LogP contribution in [0.15, 0.2) is 117 Å². The highest BCUT2D eigenvalue weighted by Gasteiger charge is 2.33. The summed E-state index contributed by atoms with van der Waals surface area (Å²) < 4.78 is 57.9. The predicted molar refractivity (Wildman–Crippen MR) is 254 cm³/mol. The number of sulfone groups is 2. The molecule has 0 unspecified atom stereocenters. The molecule has 23 heteroatoms. The molecule has 0 spiro atoms. The van der Waals surface area contributed by atoms with Crippen LogP contribution in [0.25, 0.3) is 0 Å². The van der Waals surface area contributed by atoms with Gasteiger partial charge < -0.3 is 40.9 Å². The van der Waals surface area contributed by atoms with E-state index < -0.39 is 43.3 Å². The van der Waals surface area contributed by atoms with Crippen LogP contribution in [0, 0.1) is 0 Å². The summed E-state index contributed by atoms with van der Waals surface area (Å²) in [6, 6.07) is 20.2. The summed E-state index contributed by atoms with van der Waals surface area (Å²) in [5.41, 5.74) is 0.700. The molecular weight excluding hydrogens is 964 g/mol. The number of aliphatic hydroxyl groups is 1. The number of fused-ring (bicyclic) bond motifs is 4. The van der Waals surface area contributed by atoms with E-state index in [0.717, 1.165) is 22.8 Å². The smallest absolute Gasteiger partial charge is 0.273 e. The SMILES string of the molecule is CN(C)CCO.CN(C)CCOc1ncc(CNC(=O)c2ccc3c(c2)NC(=O)c2ccccc2S3(=O)=O)s1.O=C(NCc1cnc(Cl)s1)c1ccc2c(c1)NC(=O)c1ccccc1S2(=O)=O. The summed E-state index contributed by atoms with van der Waals surface area (Å²) >= 11 is 8.35. The van der Waals surface area contributed by atoms with Gasteiger partial charge in [-0.3, -0.25) is 19.2 Å². The average Bonchev–Trinajstić information content (AvgIpc) is 3.91. The van der Waals surface area contributed by atoms with Crippen molar-refractivity contribution >= 4 is 89.0 Å². The van der Waals surface area contributed by atoms with Crippen LogP contribution in [0.4, 0.5) is 11.4 Å². The predicted octanol–water partition coefficient (Wildman–Crippen LogP) is 5.08. The number of thiazole rings is 2. The number of likely N-dealkylation sites (N-methyl/N-ethyl adjacent to an activating group) is 2. The molecule has 67 heavy (non-hydrogen) atoms. The number of anilines is 2. The Morgan fingerprint density at radius 3 is 1.57 bits per heavy atom. The Morgan fingerprint density at radius 2 is 1.13 bits per heavy atom. The number of aromatic nitrogens is 2. The lowest BCUT2D eigenvalue weighted by molar-refractivity contribution is 0.0943. The molecule has 2 aliphatic heterocycles. The molecule has 0 atom stereocenters. The van der Waals surface area contributed by atoms with Crippen LogP contribution < -0.4 is 26.0 Å². The van der Waals surface area contributed by atoms with Gasteiger partial charge in [-0.15, -0.1) is 11.3 Å². The van der Waals surface area contributed by atoms with E-state index in [9.17, 15) is 36.0 Å². The summed E-state index contributed by atoms with van der Waals surface area (Å²) in [6.45, 7) is 2.77. The zero-order valence-electron chi connectivity index (χ0n) is 36.4. The molecule has 2 aliphatic rings. The summed E-state index contributed by atoms with van der Waals surface area (Å²) in [5, 5.41) is 19.4. The van der Waals surface area contributed by atoms with Crippen molar-refractivity contribution in [1.82, 2.24) is 30.4 Å². The minimum absolute atomic E-state index is 0.0562. The summed E-state index contributed by atoms with van der Waals surface area (Å²) in [6.07, 6.45) is 3.20. The fourth-order valence-corrected chi connectivity index (χ4v) is 11.1. The van der Waals surface area contributed by atoms with Crippen molar-refractivity contribution in [1.29, 1.82) is 0 Å². The Balaban J connectivity index is 0.000000199. The van der Waals surface area contributed by atoms with Gasteiger partial charge in [-0.25, -0.2) is 26.8 Å². The Kier molecular flexibility index (Phi) is 16.6. The van der Waals surface area contributed by atoms with Crippen LogP contribution in [-0.4, -0.2) is 120 Å². The Labute approximate surface area is 399 Å². The average molecular weight is 1010 g/mol. The van der Waals surface area contributed by atoms with Gasteiger partial charge in [-0.2, -0.15) is 0 Å². The molecule has 4 heterocycles. The first-order chi connectivity index (χ1) is 31.9. The molecule has 5 N–H and O–H groups in total. The molecule has 4 amide bonds. The number of carbonyl (C=O) groups is 4. The highest BCUT2D eigenvalue weighted by molar-refractivity contribution is 7.92. The number of nitrogens with one attached hydrogen (secondary N) is 4. The van der Waals surface area contributed by atoms with Gasteiger partial charge in [0.25, 0.3) is 28.8 Å². The van der Waals surface area contributed by atoms with Gasteiger partial charge in [-0.05, 0) is 88.9 Å². The third-order valence-corrected chi connectivity index (χ3v) is 15.4. The van der Waals surface area contributed by atoms with Gasteiger partial charge >= 0.3 is 0 Å². The second kappa shape index (κ2) is 22.1. The van der Waals surface area contributed by atoms with Gasteiger partial charge in [0.2, 0.25) is 19.7 Å². The number of amides is 4. The third kappa shape index (κ3) is 12.5. The Morgan fingerprint density at radius 1 is 0.672 bits per heavy atom. The number of hydrogen-bond acceptors (Lipinski definition) is 16. The van der Waals surface area contributed by atoms with Crippen LogP contribution in [0.5, 0.6) is 5.19 Å². The summed E-state index contributed by atoms with van der Waals surface area (Å²) in [7, 11) is -0.0605. The van der Waals surface area contributed by atoms with Crippen molar-refractivity contribution in [2.75, 3.05) is 65.1 Å². The van der Waals surface area contributed by atoms with Crippen molar-refractivity contribution in [2.45, 2.75) is 32.7 Å². The van der Waals surface area contributed by atoms with E-state index in [-0.39, 0.29) is 72.9 Å². The molecule has 8 rings (SSSR count). The minimum Gasteiger partial charge on any atom is -0.469 e. The van der Waals surface area contributed by atoms with E-state index in [1.807, 2.05) is 38.0 Å². The standard InChI is InChI=1S/C22H22N4O5S2.C18H12ClN3O4S2.C4H11NO/c1-26(2)9-10-31-22-24-13-15(32-22)12-23-20(27)14-7-8-19-17(11-14)25-21(28)16-5-3-4-6-18(16)33(19,29)30;19-18-21-9-11(27-18)8-20-16(23)10-5-6-15-13(7-10)22-17(24)12-3-1-2-4-14(12)28(15,25)26;1-5(2)3-4-6/h3-8,11,13H,9-10,12H2,1-2H3,(H,23,27)(H,25,28);1-7,9H,8H2,(H,20,23)(H,22,24);6H,3-4H2,1-2H3. The van der Waals surface area contributed by atoms with E-state index in [4.69, 9.17) is 21.4 Å². The molecule has 0 saturated carbocycles. The molecule has 0 saturated heterocycles. The van der Waals surface area contributed by atoms with Crippen LogP contribution in [-0.2, 0) is 32.8 Å². The number of carbonyl (C=O) groups excluding carboxylic acids is 4. The van der Waals surface area contributed by atoms with Gasteiger partial charge in [-0.1, -0.05) is 47.2 Å². The topological polar surface area (TPSA) is 246 Å². The maximum absolute atomic E-state index is 13.1. The zero-order valence-corrected chi connectivity index (χ0v) is 40.4. The van der Waals surface area contributed by atoms with Gasteiger partial charge in [0, 0.05) is 46.4 Å². The largest absolute Gasteiger partial charge is 0.469 e. The first-order valence-corrected chi connectivity index (χ1v) is 25.1. The van der Waals surface area contributed by atoms with Gasteiger partial charge in [0.05, 0.1) is 61.8 Å². The summed E-state index contributed by atoms with van der Waals surface area (Å²) in [4.78, 5) is 63.5. The van der Waals surface area contributed by atoms with Crippen molar-refractivity contribution < 1.29 is 45.9 Å². The number of aliphatic hydroxyl groups excluding tert-OH is 1. The van der Waals surface area contributed by atoms with Crippen molar-refractivity contribution in [3.05, 3.63) is 134 Å². The monoisotopic (exact) mass is 1010 g/mol. The number of halogens is 1. The Hall–Kier alpha value is -6.11. The molecule has 0 fully saturated rings. The van der Waals surface area contributed by atoms with E-state index in [0.29, 0.717) is 16.3 Å². The highest BCUT2D eigenvalue weighted by atomic mass is 35.5. The maximum Gasteiger partial charge on any atom is 0.273 e. The fourth-order valence-electron chi connectivity index (χ4n) is 6.26. The fraction of sp³-hybridized carbons (Fsp3) is 0.227. The molecule has 0 radical (unpaired) electrons. The molecule has 18 nitrogen and oxygen atoms in total. The molecule has 6 aromatic rings. The maximum atomic E-state index is 13.1. The highest BCUT2D eigenvalue weighted by Crippen LogP contribution is 2.36. The third-order valence-electron chi connectivity index (χ3n) is 9.62. The van der Waals surface area contributed by atoms with Crippen molar-refractivity contribution in [3.8, 4) is 5.19 Å². The quantitative estimate of drug-likeness (QED) is 0.107. The molecule has 0 aliphatic carbocycles. The van der Waals surface area contributed by atoms with E-state index in [1.165, 1.54) is 83.3 Å². The van der Waals surface area contributed by atoms with Crippen LogP contribution in [0.1, 0.15) is 51.2 Å². The number of benzene rings is 4. The Bertz CT molecular complexity index is 3030. The lowest BCUT2D eigenvalue weighted by Crippen LogP contribution is -2.22.